The van der Waals surface area contributed by atoms with E-state index >= 15 is 0 Å². The lowest BCUT2D eigenvalue weighted by Gasteiger charge is -2.17. The molecule has 3 N–H and O–H groups in total. The van der Waals surface area contributed by atoms with Gasteiger partial charge in [-0.15, -0.1) is 0 Å². The van der Waals surface area contributed by atoms with Gasteiger partial charge in [-0.25, -0.2) is 18.6 Å². The van der Waals surface area contributed by atoms with Gasteiger partial charge < -0.3 is 20.3 Å². The average molecular weight is 324 g/mol. The number of amides is 2. The van der Waals surface area contributed by atoms with Gasteiger partial charge in [-0.3, -0.25) is 0 Å². The first-order valence-electron chi connectivity index (χ1n) is 7.09. The van der Waals surface area contributed by atoms with Crippen molar-refractivity contribution in [1.29, 1.82) is 0 Å². The third-order valence-electron chi connectivity index (χ3n) is 3.20. The van der Waals surface area contributed by atoms with E-state index in [2.05, 4.69) is 15.6 Å². The molecule has 0 spiro atoms. The standard InChI is InChI=1S/C15H18F2N4O2/c1-10(8-21-5-4-18-9-21)20-15(23)19-7-14(22)12-3-2-11(16)6-13(12)17/h2-6,9-10,14,22H,7-8H2,1H3,(H2,19,20,23)/t10-,14-/m0/s1. The van der Waals surface area contributed by atoms with E-state index in [-0.39, 0.29) is 18.2 Å². The van der Waals surface area contributed by atoms with Crippen LogP contribution in [0.2, 0.25) is 0 Å². The molecule has 0 aliphatic rings. The molecule has 124 valence electrons. The largest absolute Gasteiger partial charge is 0.386 e. The van der Waals surface area contributed by atoms with Crippen LogP contribution < -0.4 is 10.6 Å². The van der Waals surface area contributed by atoms with Gasteiger partial charge in [-0.05, 0) is 13.0 Å². The molecule has 8 heteroatoms. The SMILES string of the molecule is C[C@@H](Cn1ccnc1)NC(=O)NC[C@H](O)c1ccc(F)cc1F. The summed E-state index contributed by atoms with van der Waals surface area (Å²) in [7, 11) is 0. The zero-order valence-corrected chi connectivity index (χ0v) is 12.5. The Labute approximate surface area is 132 Å². The lowest BCUT2D eigenvalue weighted by Crippen LogP contribution is -2.43. The number of hydrogen-bond acceptors (Lipinski definition) is 3. The average Bonchev–Trinajstić information content (AvgIpc) is 2.97. The van der Waals surface area contributed by atoms with Crippen molar-refractivity contribution in [1.82, 2.24) is 20.2 Å². The fourth-order valence-corrected chi connectivity index (χ4v) is 2.10. The smallest absolute Gasteiger partial charge is 0.315 e. The second kappa shape index (κ2) is 7.68. The van der Waals surface area contributed by atoms with Gasteiger partial charge in [-0.2, -0.15) is 0 Å². The normalized spacial score (nSPS) is 13.4. The van der Waals surface area contributed by atoms with E-state index in [1.54, 1.807) is 18.7 Å². The third-order valence-corrected chi connectivity index (χ3v) is 3.20. The van der Waals surface area contributed by atoms with E-state index < -0.39 is 23.8 Å². The number of benzene rings is 1. The number of rotatable bonds is 6. The maximum atomic E-state index is 13.5. The fraction of sp³-hybridized carbons (Fsp3) is 0.333. The first-order chi connectivity index (χ1) is 11.0. The quantitative estimate of drug-likeness (QED) is 0.755. The molecule has 23 heavy (non-hydrogen) atoms. The molecule has 0 bridgehead atoms. The number of carbonyl (C=O) groups excluding carboxylic acids is 1. The molecule has 0 radical (unpaired) electrons. The lowest BCUT2D eigenvalue weighted by atomic mass is 10.1. The fourth-order valence-electron chi connectivity index (χ4n) is 2.10. The Kier molecular flexibility index (Phi) is 5.64. The van der Waals surface area contributed by atoms with E-state index in [9.17, 15) is 18.7 Å². The minimum absolute atomic E-state index is 0.0711. The predicted octanol–water partition coefficient (Wildman–Crippen LogP) is 1.58. The number of halogens is 2. The molecule has 1 heterocycles. The van der Waals surface area contributed by atoms with Gasteiger partial charge in [0.05, 0.1) is 12.4 Å². The first kappa shape index (κ1) is 16.9. The number of aliphatic hydroxyl groups excluding tert-OH is 1. The van der Waals surface area contributed by atoms with Crippen molar-refractivity contribution < 1.29 is 18.7 Å². The molecule has 2 amide bonds. The number of aromatic nitrogens is 2. The Balaban J connectivity index is 1.79. The van der Waals surface area contributed by atoms with Crippen LogP contribution in [0.15, 0.2) is 36.9 Å². The molecular weight excluding hydrogens is 306 g/mol. The summed E-state index contributed by atoms with van der Waals surface area (Å²) in [5, 5.41) is 15.0. The van der Waals surface area contributed by atoms with Crippen LogP contribution in [-0.2, 0) is 6.54 Å². The van der Waals surface area contributed by atoms with Gasteiger partial charge in [0, 0.05) is 43.2 Å². The molecule has 0 fully saturated rings. The van der Waals surface area contributed by atoms with Gasteiger partial charge in [0.25, 0.3) is 0 Å². The zero-order valence-electron chi connectivity index (χ0n) is 12.5. The van der Waals surface area contributed by atoms with Crippen LogP contribution in [0.1, 0.15) is 18.6 Å². The molecule has 0 unspecified atom stereocenters. The Bertz CT molecular complexity index is 649. The number of aliphatic hydroxyl groups is 1. The second-order valence-electron chi connectivity index (χ2n) is 5.20. The van der Waals surface area contributed by atoms with E-state index in [1.165, 1.54) is 0 Å². The second-order valence-corrected chi connectivity index (χ2v) is 5.20. The van der Waals surface area contributed by atoms with Crippen LogP contribution in [0.3, 0.4) is 0 Å². The van der Waals surface area contributed by atoms with E-state index in [0.29, 0.717) is 12.6 Å². The molecule has 6 nitrogen and oxygen atoms in total. The maximum Gasteiger partial charge on any atom is 0.315 e. The van der Waals surface area contributed by atoms with Gasteiger partial charge in [0.1, 0.15) is 11.6 Å². The molecule has 1 aromatic heterocycles. The number of nitrogens with one attached hydrogen (secondary N) is 2. The van der Waals surface area contributed by atoms with Gasteiger partial charge in [0.2, 0.25) is 0 Å². The molecule has 0 aliphatic heterocycles. The Morgan fingerprint density at radius 3 is 2.87 bits per heavy atom. The summed E-state index contributed by atoms with van der Waals surface area (Å²) in [6, 6.07) is 2.24. The van der Waals surface area contributed by atoms with Crippen LogP contribution in [0.4, 0.5) is 13.6 Å². The van der Waals surface area contributed by atoms with Crippen LogP contribution in [-0.4, -0.2) is 33.3 Å². The summed E-state index contributed by atoms with van der Waals surface area (Å²) in [6.07, 6.45) is 3.79. The molecule has 0 saturated heterocycles. The summed E-state index contributed by atoms with van der Waals surface area (Å²) >= 11 is 0. The van der Waals surface area contributed by atoms with Crippen LogP contribution >= 0.6 is 0 Å². The number of imidazole rings is 1. The van der Waals surface area contributed by atoms with Crippen molar-refractivity contribution in [3.8, 4) is 0 Å². The highest BCUT2D eigenvalue weighted by atomic mass is 19.1. The van der Waals surface area contributed by atoms with Gasteiger partial charge in [-0.1, -0.05) is 6.07 Å². The highest BCUT2D eigenvalue weighted by Crippen LogP contribution is 2.17. The highest BCUT2D eigenvalue weighted by molar-refractivity contribution is 5.74. The summed E-state index contributed by atoms with van der Waals surface area (Å²) in [6.45, 7) is 2.17. The van der Waals surface area contributed by atoms with Crippen LogP contribution in [0.5, 0.6) is 0 Å². The molecule has 2 aromatic rings. The van der Waals surface area contributed by atoms with E-state index in [0.717, 1.165) is 12.1 Å². The van der Waals surface area contributed by atoms with E-state index in [4.69, 9.17) is 0 Å². The summed E-state index contributed by atoms with van der Waals surface area (Å²) in [5.74, 6) is -1.58. The molecule has 1 aromatic carbocycles. The molecule has 0 aliphatic carbocycles. The minimum Gasteiger partial charge on any atom is -0.386 e. The Morgan fingerprint density at radius 1 is 1.43 bits per heavy atom. The van der Waals surface area contributed by atoms with Crippen LogP contribution in [0, 0.1) is 11.6 Å². The number of carbonyl (C=O) groups is 1. The number of nitrogens with zero attached hydrogens (tertiary/aromatic N) is 2. The number of urea groups is 1. The van der Waals surface area contributed by atoms with E-state index in [1.807, 2.05) is 11.5 Å². The zero-order chi connectivity index (χ0) is 16.8. The van der Waals surface area contributed by atoms with Gasteiger partial charge >= 0.3 is 6.03 Å². The summed E-state index contributed by atoms with van der Waals surface area (Å²) < 4.78 is 28.1. The molecule has 0 saturated carbocycles. The van der Waals surface area contributed by atoms with Crippen molar-refractivity contribution >= 4 is 6.03 Å². The van der Waals surface area contributed by atoms with Gasteiger partial charge in [0.15, 0.2) is 0 Å². The number of hydrogen-bond donors (Lipinski definition) is 3. The maximum absolute atomic E-state index is 13.5. The predicted molar refractivity (Wildman–Crippen MR) is 79.5 cm³/mol. The van der Waals surface area contributed by atoms with Crippen molar-refractivity contribution in [2.45, 2.75) is 25.6 Å². The van der Waals surface area contributed by atoms with Crippen molar-refractivity contribution in [3.63, 3.8) is 0 Å². The lowest BCUT2D eigenvalue weighted by molar-refractivity contribution is 0.168. The third kappa shape index (κ3) is 5.03. The molecule has 2 rings (SSSR count). The van der Waals surface area contributed by atoms with Crippen LogP contribution in [0.25, 0.3) is 0 Å². The Hall–Kier alpha value is -2.48. The first-order valence-corrected chi connectivity index (χ1v) is 7.09. The highest BCUT2D eigenvalue weighted by Gasteiger charge is 2.15. The Morgan fingerprint density at radius 2 is 2.22 bits per heavy atom. The van der Waals surface area contributed by atoms with Crippen molar-refractivity contribution in [2.75, 3.05) is 6.54 Å². The minimum atomic E-state index is -1.26. The monoisotopic (exact) mass is 324 g/mol. The van der Waals surface area contributed by atoms with Crippen molar-refractivity contribution in [2.24, 2.45) is 0 Å². The molecule has 2 atom stereocenters. The topological polar surface area (TPSA) is 79.2 Å². The summed E-state index contributed by atoms with van der Waals surface area (Å²) in [5.41, 5.74) is -0.0711. The molecular formula is C15H18F2N4O2. The summed E-state index contributed by atoms with van der Waals surface area (Å²) in [4.78, 5) is 15.6. The van der Waals surface area contributed by atoms with Crippen molar-refractivity contribution in [3.05, 3.63) is 54.1 Å².